The first-order chi connectivity index (χ1) is 13.3. The van der Waals surface area contributed by atoms with Crippen molar-refractivity contribution in [1.29, 1.82) is 0 Å². The fourth-order valence-corrected chi connectivity index (χ4v) is 5.78. The van der Waals surface area contributed by atoms with Gasteiger partial charge in [-0.05, 0) is 37.8 Å². The fraction of sp³-hybridized carbons (Fsp3) is 0.600. The number of amides is 2. The summed E-state index contributed by atoms with van der Waals surface area (Å²) in [6.45, 7) is 3.02. The maximum absolute atomic E-state index is 13.2. The first-order valence-corrected chi connectivity index (χ1v) is 11.4. The Morgan fingerprint density at radius 1 is 1.00 bits per heavy atom. The summed E-state index contributed by atoms with van der Waals surface area (Å²) in [7, 11) is -1.91. The summed E-state index contributed by atoms with van der Waals surface area (Å²) >= 11 is 0. The second kappa shape index (κ2) is 8.61. The number of rotatable bonds is 4. The summed E-state index contributed by atoms with van der Waals surface area (Å²) in [6, 6.07) is 7.83. The van der Waals surface area contributed by atoms with Gasteiger partial charge in [-0.15, -0.1) is 0 Å². The van der Waals surface area contributed by atoms with Gasteiger partial charge in [-0.2, -0.15) is 4.31 Å². The van der Waals surface area contributed by atoms with Crippen LogP contribution < -0.4 is 0 Å². The summed E-state index contributed by atoms with van der Waals surface area (Å²) in [5.74, 6) is -0.0830. The molecule has 2 aliphatic heterocycles. The maximum atomic E-state index is 13.2. The Balaban J connectivity index is 1.72. The van der Waals surface area contributed by atoms with Gasteiger partial charge in [0.2, 0.25) is 21.8 Å². The molecular weight excluding hydrogens is 378 g/mol. The zero-order chi connectivity index (χ0) is 20.3. The van der Waals surface area contributed by atoms with Gasteiger partial charge < -0.3 is 9.80 Å². The van der Waals surface area contributed by atoms with Crippen LogP contribution in [0.25, 0.3) is 0 Å². The Kier molecular flexibility index (Phi) is 6.40. The molecule has 8 heteroatoms. The van der Waals surface area contributed by atoms with E-state index in [2.05, 4.69) is 0 Å². The average Bonchev–Trinajstić information content (AvgIpc) is 2.73. The Morgan fingerprint density at radius 3 is 2.25 bits per heavy atom. The zero-order valence-corrected chi connectivity index (χ0v) is 17.4. The average molecular weight is 408 g/mol. The van der Waals surface area contributed by atoms with Gasteiger partial charge in [0.1, 0.15) is 6.04 Å². The van der Waals surface area contributed by atoms with Gasteiger partial charge >= 0.3 is 0 Å². The highest BCUT2D eigenvalue weighted by Gasteiger charge is 2.40. The Morgan fingerprint density at radius 2 is 1.64 bits per heavy atom. The molecule has 0 bridgehead atoms. The van der Waals surface area contributed by atoms with Crippen LogP contribution >= 0.6 is 0 Å². The van der Waals surface area contributed by atoms with E-state index >= 15 is 0 Å². The molecule has 2 fully saturated rings. The molecule has 2 amide bonds. The Hall–Kier alpha value is -1.93. The lowest BCUT2D eigenvalue weighted by molar-refractivity contribution is -0.138. The van der Waals surface area contributed by atoms with Gasteiger partial charge in [0.05, 0.1) is 4.90 Å². The van der Waals surface area contributed by atoms with E-state index in [-0.39, 0.29) is 22.8 Å². The van der Waals surface area contributed by atoms with Crippen LogP contribution in [0.3, 0.4) is 0 Å². The number of piperidine rings is 2. The highest BCUT2D eigenvalue weighted by atomic mass is 32.2. The number of nitrogens with zero attached hydrogens (tertiary/aromatic N) is 3. The third-order valence-electron chi connectivity index (χ3n) is 5.91. The van der Waals surface area contributed by atoms with E-state index in [0.29, 0.717) is 26.1 Å². The van der Waals surface area contributed by atoms with Crippen molar-refractivity contribution in [2.45, 2.75) is 56.0 Å². The monoisotopic (exact) mass is 407 g/mol. The number of benzene rings is 1. The van der Waals surface area contributed by atoms with Crippen molar-refractivity contribution in [3.63, 3.8) is 0 Å². The molecule has 154 valence electrons. The summed E-state index contributed by atoms with van der Waals surface area (Å²) in [5.41, 5.74) is 0. The molecule has 2 saturated heterocycles. The molecule has 1 aromatic rings. The van der Waals surface area contributed by atoms with Crippen LogP contribution in [0.5, 0.6) is 0 Å². The lowest BCUT2D eigenvalue weighted by atomic mass is 9.99. The molecule has 0 aromatic heterocycles. The summed E-state index contributed by atoms with van der Waals surface area (Å²) in [4.78, 5) is 28.5. The molecule has 2 heterocycles. The second-order valence-electron chi connectivity index (χ2n) is 7.63. The first-order valence-electron chi connectivity index (χ1n) is 9.91. The van der Waals surface area contributed by atoms with Crippen LogP contribution in [0.15, 0.2) is 35.2 Å². The van der Waals surface area contributed by atoms with Crippen LogP contribution in [0.2, 0.25) is 0 Å². The standard InChI is InChI=1S/C20H29N3O4S/c1-16(24)21(2)17-11-14-22(15-12-17)20(25)19-10-6-7-13-23(19)28(26,27)18-8-4-3-5-9-18/h3-5,8-9,17,19H,6-7,10-15H2,1-2H3/t19-/m1/s1. The van der Waals surface area contributed by atoms with Gasteiger partial charge in [0.15, 0.2) is 0 Å². The van der Waals surface area contributed by atoms with E-state index in [4.69, 9.17) is 0 Å². The molecule has 1 aromatic carbocycles. The third kappa shape index (κ3) is 4.22. The Labute approximate surface area is 167 Å². The number of carbonyl (C=O) groups excluding carboxylic acids is 2. The topological polar surface area (TPSA) is 78.0 Å². The molecule has 1 atom stereocenters. The van der Waals surface area contributed by atoms with Gasteiger partial charge in [0, 0.05) is 39.6 Å². The minimum absolute atomic E-state index is 0.0252. The van der Waals surface area contributed by atoms with Crippen LogP contribution in [0.4, 0.5) is 0 Å². The van der Waals surface area contributed by atoms with E-state index in [0.717, 1.165) is 25.7 Å². The smallest absolute Gasteiger partial charge is 0.243 e. The molecule has 0 N–H and O–H groups in total. The molecule has 0 unspecified atom stereocenters. The molecule has 0 radical (unpaired) electrons. The van der Waals surface area contributed by atoms with Crippen molar-refractivity contribution >= 4 is 21.8 Å². The maximum Gasteiger partial charge on any atom is 0.243 e. The van der Waals surface area contributed by atoms with E-state index in [1.165, 1.54) is 4.31 Å². The highest BCUT2D eigenvalue weighted by Crippen LogP contribution is 2.27. The van der Waals surface area contributed by atoms with Crippen LogP contribution in [-0.4, -0.2) is 73.1 Å². The van der Waals surface area contributed by atoms with Crippen molar-refractivity contribution in [3.8, 4) is 0 Å². The predicted molar refractivity (Wildman–Crippen MR) is 106 cm³/mol. The van der Waals surface area contributed by atoms with Crippen LogP contribution in [0, 0.1) is 0 Å². The number of hydrogen-bond donors (Lipinski definition) is 0. The second-order valence-corrected chi connectivity index (χ2v) is 9.52. The van der Waals surface area contributed by atoms with E-state index < -0.39 is 16.1 Å². The first kappa shape index (κ1) is 20.8. The summed E-state index contributed by atoms with van der Waals surface area (Å²) in [5, 5.41) is 0. The van der Waals surface area contributed by atoms with Crippen LogP contribution in [0.1, 0.15) is 39.0 Å². The molecule has 0 aliphatic carbocycles. The molecule has 2 aliphatic rings. The highest BCUT2D eigenvalue weighted by molar-refractivity contribution is 7.89. The minimum Gasteiger partial charge on any atom is -0.343 e. The molecule has 7 nitrogen and oxygen atoms in total. The molecule has 0 saturated carbocycles. The van der Waals surface area contributed by atoms with Crippen molar-refractivity contribution < 1.29 is 18.0 Å². The lowest BCUT2D eigenvalue weighted by Crippen LogP contribution is -2.55. The minimum atomic E-state index is -3.70. The van der Waals surface area contributed by atoms with Gasteiger partial charge in [-0.3, -0.25) is 9.59 Å². The van der Waals surface area contributed by atoms with Crippen molar-refractivity contribution in [3.05, 3.63) is 30.3 Å². The van der Waals surface area contributed by atoms with Crippen LogP contribution in [-0.2, 0) is 19.6 Å². The SMILES string of the molecule is CC(=O)N(C)C1CCN(C(=O)[C@H]2CCCCN2S(=O)(=O)c2ccccc2)CC1. The van der Waals surface area contributed by atoms with Crippen molar-refractivity contribution in [1.82, 2.24) is 14.1 Å². The zero-order valence-electron chi connectivity index (χ0n) is 16.6. The van der Waals surface area contributed by atoms with Gasteiger partial charge in [-0.1, -0.05) is 24.6 Å². The van der Waals surface area contributed by atoms with E-state index in [1.54, 1.807) is 54.1 Å². The normalized spacial score (nSPS) is 22.1. The van der Waals surface area contributed by atoms with Crippen molar-refractivity contribution in [2.75, 3.05) is 26.7 Å². The summed E-state index contributed by atoms with van der Waals surface area (Å²) in [6.07, 6.45) is 3.61. The summed E-state index contributed by atoms with van der Waals surface area (Å²) < 4.78 is 27.6. The predicted octanol–water partition coefficient (Wildman–Crippen LogP) is 1.70. The Bertz CT molecular complexity index is 804. The third-order valence-corrected chi connectivity index (χ3v) is 7.83. The molecule has 3 rings (SSSR count). The van der Waals surface area contributed by atoms with E-state index in [9.17, 15) is 18.0 Å². The fourth-order valence-electron chi connectivity index (χ4n) is 4.11. The van der Waals surface area contributed by atoms with Crippen molar-refractivity contribution in [2.24, 2.45) is 0 Å². The van der Waals surface area contributed by atoms with Gasteiger partial charge in [0.25, 0.3) is 0 Å². The number of hydrogen-bond acceptors (Lipinski definition) is 4. The number of sulfonamides is 1. The molecular formula is C20H29N3O4S. The number of likely N-dealkylation sites (tertiary alicyclic amines) is 1. The lowest BCUT2D eigenvalue weighted by Gasteiger charge is -2.40. The molecule has 28 heavy (non-hydrogen) atoms. The molecule has 0 spiro atoms. The van der Waals surface area contributed by atoms with E-state index in [1.807, 2.05) is 0 Å². The largest absolute Gasteiger partial charge is 0.343 e. The number of carbonyl (C=O) groups is 2. The van der Waals surface area contributed by atoms with Gasteiger partial charge in [-0.25, -0.2) is 8.42 Å². The quantitative estimate of drug-likeness (QED) is 0.761.